The molecule has 262 valence electrons. The summed E-state index contributed by atoms with van der Waals surface area (Å²) in [5.74, 6) is -2.09. The molecule has 47 heavy (non-hydrogen) atoms. The summed E-state index contributed by atoms with van der Waals surface area (Å²) in [7, 11) is 2.03. The number of aliphatic carboxylic acids is 1. The molecular weight excluding hydrogens is 604 g/mol. The molecule has 0 bridgehead atoms. The summed E-state index contributed by atoms with van der Waals surface area (Å²) in [4.78, 5) is 69.5. The molecule has 0 saturated carbocycles. The number of hydrogen-bond donors (Lipinski definition) is 3. The number of carboxylic acid groups (broad SMARTS) is 1. The number of ether oxygens (including phenoxy) is 1. The predicted octanol–water partition coefficient (Wildman–Crippen LogP) is 3.29. The quantitative estimate of drug-likeness (QED) is 0.0834. The molecule has 2 aliphatic rings. The van der Waals surface area contributed by atoms with Gasteiger partial charge in [0, 0.05) is 44.4 Å². The lowest BCUT2D eigenvalue weighted by Crippen LogP contribution is -2.43. The Hall–Kier alpha value is -3.74. The number of carboxylic acids is 1. The molecule has 0 radical (unpaired) electrons. The van der Waals surface area contributed by atoms with Gasteiger partial charge in [0.25, 0.3) is 0 Å². The van der Waals surface area contributed by atoms with Crippen molar-refractivity contribution in [3.05, 3.63) is 42.5 Å². The number of rotatable bonds is 15. The third-order valence-electron chi connectivity index (χ3n) is 7.93. The van der Waals surface area contributed by atoms with Crippen molar-refractivity contribution in [1.29, 1.82) is 0 Å². The fraction of sp³-hybridized carbons (Fsp3) is 0.600. The van der Waals surface area contributed by atoms with E-state index >= 15 is 0 Å². The number of esters is 1. The summed E-state index contributed by atoms with van der Waals surface area (Å²) in [5, 5.41) is 14.7. The van der Waals surface area contributed by atoms with Crippen molar-refractivity contribution in [2.75, 3.05) is 58.2 Å². The second kappa shape index (κ2) is 22.7. The number of carbonyl (C=O) groups excluding carboxylic acids is 5. The van der Waals surface area contributed by atoms with Gasteiger partial charge >= 0.3 is 11.9 Å². The molecule has 12 nitrogen and oxygen atoms in total. The monoisotopic (exact) mass is 658 g/mol. The molecule has 3 rings (SSSR count). The Labute approximate surface area is 279 Å². The third-order valence-corrected chi connectivity index (χ3v) is 7.93. The van der Waals surface area contributed by atoms with Gasteiger partial charge in [0.05, 0.1) is 17.9 Å². The largest absolute Gasteiger partial charge is 0.481 e. The average molecular weight is 659 g/mol. The van der Waals surface area contributed by atoms with Crippen molar-refractivity contribution in [3.63, 3.8) is 0 Å². The highest BCUT2D eigenvalue weighted by Crippen LogP contribution is 2.17. The second-order valence-corrected chi connectivity index (χ2v) is 12.5. The Balaban J connectivity index is 0.000000402. The summed E-state index contributed by atoms with van der Waals surface area (Å²) in [5.41, 5.74) is 0.983. The number of aryl methyl sites for hydroxylation is 1. The minimum Gasteiger partial charge on any atom is -0.481 e. The predicted molar refractivity (Wildman–Crippen MR) is 181 cm³/mol. The zero-order valence-corrected chi connectivity index (χ0v) is 28.6. The molecule has 0 spiro atoms. The second-order valence-electron chi connectivity index (χ2n) is 12.5. The molecule has 2 aliphatic heterocycles. The maximum atomic E-state index is 11.7. The number of aldehydes is 1. The molecule has 1 aromatic carbocycles. The molecule has 1 unspecified atom stereocenters. The number of Topliss-reactive ketones (excluding diaryl/α,β-unsaturated/α-hetero) is 2. The van der Waals surface area contributed by atoms with Gasteiger partial charge in [-0.25, -0.2) is 4.79 Å². The number of carbonyl (C=O) groups is 6. The van der Waals surface area contributed by atoms with Crippen LogP contribution in [0.5, 0.6) is 0 Å². The highest BCUT2D eigenvalue weighted by Gasteiger charge is 2.28. The van der Waals surface area contributed by atoms with E-state index in [9.17, 15) is 28.8 Å². The van der Waals surface area contributed by atoms with Crippen LogP contribution in [0.3, 0.4) is 0 Å². The van der Waals surface area contributed by atoms with Gasteiger partial charge in [-0.3, -0.25) is 28.9 Å². The highest BCUT2D eigenvalue weighted by molar-refractivity contribution is 6.27. The van der Waals surface area contributed by atoms with E-state index in [0.717, 1.165) is 70.3 Å². The number of amides is 1. The van der Waals surface area contributed by atoms with Crippen LogP contribution in [-0.4, -0.2) is 110 Å². The van der Waals surface area contributed by atoms with E-state index in [1.165, 1.54) is 38.7 Å². The summed E-state index contributed by atoms with van der Waals surface area (Å²) < 4.78 is 4.64. The topological polar surface area (TPSA) is 162 Å². The lowest BCUT2D eigenvalue weighted by molar-refractivity contribution is -0.146. The van der Waals surface area contributed by atoms with Gasteiger partial charge in [0.2, 0.25) is 11.7 Å². The van der Waals surface area contributed by atoms with Crippen molar-refractivity contribution in [2.45, 2.75) is 78.2 Å². The normalized spacial score (nSPS) is 16.6. The summed E-state index contributed by atoms with van der Waals surface area (Å²) >= 11 is 0. The van der Waals surface area contributed by atoms with Gasteiger partial charge in [-0.2, -0.15) is 0 Å². The molecule has 0 aromatic heterocycles. The van der Waals surface area contributed by atoms with E-state index < -0.39 is 23.1 Å². The van der Waals surface area contributed by atoms with Crippen molar-refractivity contribution < 1.29 is 38.6 Å². The molecule has 1 amide bonds. The Morgan fingerprint density at radius 1 is 1.09 bits per heavy atom. The van der Waals surface area contributed by atoms with E-state index in [1.807, 2.05) is 25.2 Å². The standard InChI is InChI=1S/C18H27N3O3.C9H12O4.C8H15NO/c22-17(7-8-18(23)24)20-16-6-3-5-15(14-16)4-1-2-11-21-12-9-19-10-13-21;1-4-8(12)13-6-9(2,3)7(11)5-10;1-7(10)8-5-3-4-6-9(8)2/h3,5-6,14,19H,1-2,4,7-13H2,(H,20,22)(H,23,24);4-5H,1,6H2,2-3H3;8H,3-6H2,1-2H3. The SMILES string of the molecule is C=CC(=O)OCC(C)(C)C(=O)C=O.CC(=O)C1CCCCN1C.O=C(O)CCC(=O)Nc1cccc(CCCCN2CCNCC2)c1. The molecule has 1 aromatic rings. The Morgan fingerprint density at radius 2 is 1.79 bits per heavy atom. The van der Waals surface area contributed by atoms with Gasteiger partial charge in [-0.05, 0) is 90.7 Å². The number of hydrogen-bond acceptors (Lipinski definition) is 10. The average Bonchev–Trinajstić information content (AvgIpc) is 3.05. The molecular formula is C35H54N4O8. The number of likely N-dealkylation sites (tertiary alicyclic amines) is 1. The van der Waals surface area contributed by atoms with Gasteiger partial charge in [0.15, 0.2) is 6.29 Å². The molecule has 3 N–H and O–H groups in total. The Kier molecular flexibility index (Phi) is 20.0. The minimum absolute atomic E-state index is 0.00422. The first-order valence-electron chi connectivity index (χ1n) is 16.3. The Morgan fingerprint density at radius 3 is 2.36 bits per heavy atom. The highest BCUT2D eigenvalue weighted by atomic mass is 16.5. The van der Waals surface area contributed by atoms with E-state index in [0.29, 0.717) is 5.78 Å². The maximum absolute atomic E-state index is 11.7. The molecule has 1 atom stereocenters. The van der Waals surface area contributed by atoms with Gasteiger partial charge in [0.1, 0.15) is 12.4 Å². The van der Waals surface area contributed by atoms with Crippen LogP contribution in [0.1, 0.15) is 71.3 Å². The van der Waals surface area contributed by atoms with Crippen LogP contribution in [-0.2, 0) is 39.9 Å². The van der Waals surface area contributed by atoms with E-state index in [-0.39, 0.29) is 37.7 Å². The van der Waals surface area contributed by atoms with Crippen molar-refractivity contribution in [2.24, 2.45) is 5.41 Å². The zero-order chi connectivity index (χ0) is 35.2. The van der Waals surface area contributed by atoms with Gasteiger partial charge in [-0.15, -0.1) is 0 Å². The number of nitrogens with zero attached hydrogens (tertiary/aromatic N) is 2. The first-order chi connectivity index (χ1) is 22.3. The van der Waals surface area contributed by atoms with Crippen LogP contribution in [0.25, 0.3) is 0 Å². The fourth-order valence-corrected chi connectivity index (χ4v) is 4.98. The van der Waals surface area contributed by atoms with Crippen LogP contribution in [0.4, 0.5) is 5.69 Å². The lowest BCUT2D eigenvalue weighted by atomic mass is 9.90. The van der Waals surface area contributed by atoms with Crippen molar-refractivity contribution >= 4 is 41.4 Å². The van der Waals surface area contributed by atoms with E-state index in [4.69, 9.17) is 5.11 Å². The van der Waals surface area contributed by atoms with Gasteiger partial charge in [-0.1, -0.05) is 25.1 Å². The Bertz CT molecular complexity index is 1180. The maximum Gasteiger partial charge on any atom is 0.330 e. The molecule has 0 aliphatic carbocycles. The van der Waals surface area contributed by atoms with Crippen LogP contribution < -0.4 is 10.6 Å². The van der Waals surface area contributed by atoms with Gasteiger partial charge < -0.3 is 25.4 Å². The number of piperidine rings is 1. The van der Waals surface area contributed by atoms with Crippen molar-refractivity contribution in [3.8, 4) is 0 Å². The summed E-state index contributed by atoms with van der Waals surface area (Å²) in [6.45, 7) is 14.5. The number of anilines is 1. The lowest BCUT2D eigenvalue weighted by Gasteiger charge is -2.30. The van der Waals surface area contributed by atoms with Crippen LogP contribution >= 0.6 is 0 Å². The number of likely N-dealkylation sites (N-methyl/N-ethyl adjacent to an activating group) is 1. The number of piperazine rings is 1. The first-order valence-corrected chi connectivity index (χ1v) is 16.3. The van der Waals surface area contributed by atoms with Crippen LogP contribution in [0.15, 0.2) is 36.9 Å². The van der Waals surface area contributed by atoms with Crippen LogP contribution in [0, 0.1) is 5.41 Å². The van der Waals surface area contributed by atoms with Crippen LogP contribution in [0.2, 0.25) is 0 Å². The van der Waals surface area contributed by atoms with Crippen molar-refractivity contribution in [1.82, 2.24) is 15.1 Å². The first kappa shape index (κ1) is 41.3. The zero-order valence-electron chi connectivity index (χ0n) is 28.6. The molecule has 2 heterocycles. The van der Waals surface area contributed by atoms with E-state index in [2.05, 4.69) is 37.8 Å². The third kappa shape index (κ3) is 18.3. The van der Waals surface area contributed by atoms with E-state index in [1.54, 1.807) is 6.92 Å². The molecule has 2 saturated heterocycles. The fourth-order valence-electron chi connectivity index (χ4n) is 4.98. The minimum atomic E-state index is -0.958. The summed E-state index contributed by atoms with van der Waals surface area (Å²) in [6, 6.07) is 8.02. The smallest absolute Gasteiger partial charge is 0.330 e. The molecule has 2 fully saturated rings. The number of unbranched alkanes of at least 4 members (excludes halogenated alkanes) is 1. The summed E-state index contributed by atoms with van der Waals surface area (Å²) in [6.07, 6.45) is 7.91. The molecule has 12 heteroatoms. The number of nitrogens with one attached hydrogen (secondary N) is 2. The number of ketones is 2. The number of benzene rings is 1.